The zero-order valence-corrected chi connectivity index (χ0v) is 6.95. The van der Waals surface area contributed by atoms with E-state index in [2.05, 4.69) is 5.32 Å². The Hall–Kier alpha value is -0.780. The second kappa shape index (κ2) is 3.95. The molecule has 6 heteroatoms. The highest BCUT2D eigenvalue weighted by atomic mass is 19.4. The molecule has 2 N–H and O–H groups in total. The van der Waals surface area contributed by atoms with E-state index in [0.717, 1.165) is 0 Å². The molecule has 1 aliphatic heterocycles. The molecule has 0 aromatic carbocycles. The molecule has 1 rings (SSSR count). The van der Waals surface area contributed by atoms with Gasteiger partial charge in [0.2, 0.25) is 0 Å². The lowest BCUT2D eigenvalue weighted by atomic mass is 10.1. The lowest BCUT2D eigenvalue weighted by Gasteiger charge is -2.23. The molecule has 0 unspecified atom stereocenters. The van der Waals surface area contributed by atoms with Gasteiger partial charge in [0.15, 0.2) is 0 Å². The third-order valence-electron chi connectivity index (χ3n) is 1.93. The minimum absolute atomic E-state index is 0.338. The predicted octanol–water partition coefficient (Wildman–Crippen LogP) is 0.417. The minimum Gasteiger partial charge on any atom is -0.345 e. The highest BCUT2D eigenvalue weighted by Crippen LogP contribution is 2.15. The van der Waals surface area contributed by atoms with Crippen molar-refractivity contribution in [2.45, 2.75) is 25.1 Å². The predicted molar refractivity (Wildman–Crippen MR) is 40.1 cm³/mol. The third-order valence-corrected chi connectivity index (χ3v) is 1.93. The fourth-order valence-corrected chi connectivity index (χ4v) is 1.23. The molecule has 0 aromatic heterocycles. The van der Waals surface area contributed by atoms with Crippen LogP contribution in [0.2, 0.25) is 0 Å². The van der Waals surface area contributed by atoms with Crippen LogP contribution in [-0.4, -0.2) is 31.2 Å². The first kappa shape index (κ1) is 10.3. The third kappa shape index (κ3) is 3.22. The summed E-state index contributed by atoms with van der Waals surface area (Å²) in [6.45, 7) is 1.31. The molecule has 1 heterocycles. The Kier molecular flexibility index (Phi) is 3.13. The van der Waals surface area contributed by atoms with Crippen LogP contribution in [0.3, 0.4) is 0 Å². The van der Waals surface area contributed by atoms with E-state index in [-0.39, 0.29) is 6.04 Å². The summed E-state index contributed by atoms with van der Waals surface area (Å²) in [6.07, 6.45) is -3.64. The molecule has 1 fully saturated rings. The van der Waals surface area contributed by atoms with Gasteiger partial charge in [-0.05, 0) is 25.9 Å². The molecule has 3 nitrogen and oxygen atoms in total. The maximum absolute atomic E-state index is 11.8. The molecular formula is C7H11F3N2O. The van der Waals surface area contributed by atoms with E-state index in [1.54, 1.807) is 0 Å². The topological polar surface area (TPSA) is 41.1 Å². The van der Waals surface area contributed by atoms with Gasteiger partial charge < -0.3 is 10.6 Å². The van der Waals surface area contributed by atoms with Crippen LogP contribution in [0.5, 0.6) is 0 Å². The summed E-state index contributed by atoms with van der Waals surface area (Å²) in [5.41, 5.74) is 0. The molecule has 1 saturated heterocycles. The van der Waals surface area contributed by atoms with Crippen molar-refractivity contribution >= 4 is 5.91 Å². The molecule has 0 spiro atoms. The number of carbonyl (C=O) groups excluding carboxylic acids is 1. The quantitative estimate of drug-likeness (QED) is 0.638. The first-order valence-corrected chi connectivity index (χ1v) is 4.08. The average molecular weight is 196 g/mol. The summed E-state index contributed by atoms with van der Waals surface area (Å²) in [7, 11) is 0. The number of alkyl halides is 3. The van der Waals surface area contributed by atoms with Crippen molar-refractivity contribution < 1.29 is 18.0 Å². The second-order valence-electron chi connectivity index (χ2n) is 3.00. The van der Waals surface area contributed by atoms with Crippen molar-refractivity contribution in [2.24, 2.45) is 0 Å². The number of hydrogen-bond donors (Lipinski definition) is 2. The van der Waals surface area contributed by atoms with Crippen molar-refractivity contribution in [3.8, 4) is 0 Å². The van der Waals surface area contributed by atoms with Crippen molar-refractivity contribution in [1.82, 2.24) is 10.6 Å². The highest BCUT2D eigenvalue weighted by Gasteiger charge is 2.39. The summed E-state index contributed by atoms with van der Waals surface area (Å²) in [5.74, 6) is -1.83. The Bertz CT molecular complexity index is 187. The Morgan fingerprint density at radius 1 is 1.31 bits per heavy atom. The SMILES string of the molecule is O=C(NC1CCNCC1)C(F)(F)F. The molecular weight excluding hydrogens is 185 g/mol. The van der Waals surface area contributed by atoms with Crippen LogP contribution in [0.25, 0.3) is 0 Å². The molecule has 0 aromatic rings. The van der Waals surface area contributed by atoms with Crippen LogP contribution >= 0.6 is 0 Å². The van der Waals surface area contributed by atoms with Crippen molar-refractivity contribution in [3.05, 3.63) is 0 Å². The van der Waals surface area contributed by atoms with Gasteiger partial charge in [-0.25, -0.2) is 0 Å². The Labute approximate surface area is 73.7 Å². The van der Waals surface area contributed by atoms with Gasteiger partial charge >= 0.3 is 12.1 Å². The van der Waals surface area contributed by atoms with E-state index >= 15 is 0 Å². The Balaban J connectivity index is 2.35. The van der Waals surface area contributed by atoms with Crippen LogP contribution in [0.15, 0.2) is 0 Å². The maximum Gasteiger partial charge on any atom is 0.471 e. The molecule has 13 heavy (non-hydrogen) atoms. The molecule has 1 amide bonds. The smallest absolute Gasteiger partial charge is 0.345 e. The fourth-order valence-electron chi connectivity index (χ4n) is 1.23. The first-order chi connectivity index (χ1) is 6.00. The van der Waals surface area contributed by atoms with Crippen LogP contribution < -0.4 is 10.6 Å². The number of halogens is 3. The van der Waals surface area contributed by atoms with E-state index in [1.165, 1.54) is 0 Å². The lowest BCUT2D eigenvalue weighted by molar-refractivity contribution is -0.174. The van der Waals surface area contributed by atoms with Gasteiger partial charge in [-0.1, -0.05) is 0 Å². The number of piperidine rings is 1. The van der Waals surface area contributed by atoms with E-state index in [9.17, 15) is 18.0 Å². The zero-order chi connectivity index (χ0) is 9.90. The monoisotopic (exact) mass is 196 g/mol. The van der Waals surface area contributed by atoms with Crippen molar-refractivity contribution in [2.75, 3.05) is 13.1 Å². The van der Waals surface area contributed by atoms with Crippen LogP contribution in [0, 0.1) is 0 Å². The van der Waals surface area contributed by atoms with Crippen LogP contribution in [0.4, 0.5) is 13.2 Å². The normalized spacial score (nSPS) is 19.9. The van der Waals surface area contributed by atoms with Gasteiger partial charge in [-0.3, -0.25) is 4.79 Å². The first-order valence-electron chi connectivity index (χ1n) is 4.08. The fraction of sp³-hybridized carbons (Fsp3) is 0.857. The van der Waals surface area contributed by atoms with E-state index in [1.807, 2.05) is 5.32 Å². The summed E-state index contributed by atoms with van der Waals surface area (Å²) >= 11 is 0. The van der Waals surface area contributed by atoms with Gasteiger partial charge in [0.25, 0.3) is 0 Å². The number of carbonyl (C=O) groups is 1. The molecule has 0 bridgehead atoms. The molecule has 1 aliphatic rings. The lowest BCUT2D eigenvalue weighted by Crippen LogP contribution is -2.47. The second-order valence-corrected chi connectivity index (χ2v) is 3.00. The molecule has 0 aliphatic carbocycles. The van der Waals surface area contributed by atoms with Gasteiger partial charge in [-0.15, -0.1) is 0 Å². The van der Waals surface area contributed by atoms with Crippen molar-refractivity contribution in [3.63, 3.8) is 0 Å². The van der Waals surface area contributed by atoms with Crippen LogP contribution in [0.1, 0.15) is 12.8 Å². The molecule has 0 saturated carbocycles. The molecule has 0 radical (unpaired) electrons. The minimum atomic E-state index is -4.76. The van der Waals surface area contributed by atoms with Gasteiger partial charge in [0.05, 0.1) is 0 Å². The summed E-state index contributed by atoms with van der Waals surface area (Å²) in [4.78, 5) is 10.5. The summed E-state index contributed by atoms with van der Waals surface area (Å²) < 4.78 is 35.3. The Morgan fingerprint density at radius 2 is 1.85 bits per heavy atom. The van der Waals surface area contributed by atoms with E-state index < -0.39 is 12.1 Å². The van der Waals surface area contributed by atoms with E-state index in [0.29, 0.717) is 25.9 Å². The molecule has 76 valence electrons. The standard InChI is InChI=1S/C7H11F3N2O/c8-7(9,10)6(13)12-5-1-3-11-4-2-5/h5,11H,1-4H2,(H,12,13). The van der Waals surface area contributed by atoms with Gasteiger partial charge in [-0.2, -0.15) is 13.2 Å². The number of nitrogens with one attached hydrogen (secondary N) is 2. The van der Waals surface area contributed by atoms with Crippen LogP contribution in [-0.2, 0) is 4.79 Å². The average Bonchev–Trinajstić information content (AvgIpc) is 2.04. The number of amides is 1. The Morgan fingerprint density at radius 3 is 2.31 bits per heavy atom. The van der Waals surface area contributed by atoms with Crippen molar-refractivity contribution in [1.29, 1.82) is 0 Å². The molecule has 0 atom stereocenters. The summed E-state index contributed by atoms with van der Waals surface area (Å²) in [5, 5.41) is 4.95. The number of hydrogen-bond acceptors (Lipinski definition) is 2. The summed E-state index contributed by atoms with van der Waals surface area (Å²) in [6, 6.07) is -0.338. The van der Waals surface area contributed by atoms with E-state index in [4.69, 9.17) is 0 Å². The maximum atomic E-state index is 11.8. The highest BCUT2D eigenvalue weighted by molar-refractivity contribution is 5.81. The zero-order valence-electron chi connectivity index (χ0n) is 6.95. The van der Waals surface area contributed by atoms with Gasteiger partial charge in [0.1, 0.15) is 0 Å². The van der Waals surface area contributed by atoms with Gasteiger partial charge in [0, 0.05) is 6.04 Å². The largest absolute Gasteiger partial charge is 0.471 e. The number of rotatable bonds is 1.